The smallest absolute Gasteiger partial charge is 0.300 e. The monoisotopic (exact) mass is 512 g/mol. The van der Waals surface area contributed by atoms with Gasteiger partial charge in [-0.1, -0.05) is 38.1 Å². The van der Waals surface area contributed by atoms with Gasteiger partial charge in [0.05, 0.1) is 30.5 Å². The topological polar surface area (TPSA) is 79.3 Å². The van der Waals surface area contributed by atoms with Crippen LogP contribution in [0.1, 0.15) is 36.6 Å². The van der Waals surface area contributed by atoms with E-state index in [2.05, 4.69) is 13.8 Å². The second-order valence-corrected chi connectivity index (χ2v) is 10.2. The third kappa shape index (κ3) is 4.72. The van der Waals surface area contributed by atoms with Crippen molar-refractivity contribution in [3.8, 4) is 11.5 Å². The minimum Gasteiger partial charge on any atom is -0.507 e. The number of aryl methyl sites for hydroxylation is 1. The van der Waals surface area contributed by atoms with Gasteiger partial charge in [-0.15, -0.1) is 0 Å². The van der Waals surface area contributed by atoms with E-state index in [1.807, 2.05) is 61.3 Å². The first-order valence-electron chi connectivity index (χ1n) is 12.8. The van der Waals surface area contributed by atoms with Crippen molar-refractivity contribution in [2.75, 3.05) is 36.6 Å². The number of Topliss-reactive ketones (excluding diaryl/α,β-unsaturated/α-hetero) is 1. The zero-order valence-electron chi connectivity index (χ0n) is 22.1. The van der Waals surface area contributed by atoms with Gasteiger partial charge in [0.25, 0.3) is 11.7 Å². The molecule has 5 rings (SSSR count). The van der Waals surface area contributed by atoms with Gasteiger partial charge >= 0.3 is 0 Å². The Morgan fingerprint density at radius 1 is 1.08 bits per heavy atom. The molecule has 0 bridgehead atoms. The minimum absolute atomic E-state index is 0.0387. The lowest BCUT2D eigenvalue weighted by Gasteiger charge is -2.28. The van der Waals surface area contributed by atoms with E-state index in [-0.39, 0.29) is 11.3 Å². The summed E-state index contributed by atoms with van der Waals surface area (Å²) in [4.78, 5) is 30.6. The van der Waals surface area contributed by atoms with E-state index in [9.17, 15) is 14.7 Å². The van der Waals surface area contributed by atoms with Gasteiger partial charge in [0.2, 0.25) is 0 Å². The lowest BCUT2D eigenvalue weighted by molar-refractivity contribution is -0.132. The highest BCUT2D eigenvalue weighted by Gasteiger charge is 2.47. The highest BCUT2D eigenvalue weighted by molar-refractivity contribution is 6.51. The first-order valence-corrected chi connectivity index (χ1v) is 12.8. The number of ether oxygens (including phenoxy) is 2. The number of carbonyl (C=O) groups excluding carboxylic acids is 2. The van der Waals surface area contributed by atoms with E-state index in [4.69, 9.17) is 9.47 Å². The molecule has 0 aromatic heterocycles. The fourth-order valence-corrected chi connectivity index (χ4v) is 4.88. The van der Waals surface area contributed by atoms with Crippen molar-refractivity contribution in [2.45, 2.75) is 26.8 Å². The molecule has 38 heavy (non-hydrogen) atoms. The number of ketones is 1. The third-order valence-electron chi connectivity index (χ3n) is 6.81. The fraction of sp³-hybridized carbons (Fsp3) is 0.290. The molecule has 0 spiro atoms. The van der Waals surface area contributed by atoms with Gasteiger partial charge < -0.3 is 19.5 Å². The Morgan fingerprint density at radius 3 is 2.63 bits per heavy atom. The van der Waals surface area contributed by atoms with Gasteiger partial charge in [0.1, 0.15) is 23.9 Å². The zero-order valence-corrected chi connectivity index (χ0v) is 22.1. The van der Waals surface area contributed by atoms with Crippen LogP contribution in [0, 0.1) is 12.8 Å². The SMILES string of the molecule is Cc1cccc(N2C(=O)C(=O)/C(=C(\O)c3ccc4c(c3)N(C)CCO4)C2c2cccc(OCC(C)C)c2)c1. The van der Waals surface area contributed by atoms with Gasteiger partial charge in [-0.2, -0.15) is 0 Å². The van der Waals surface area contributed by atoms with Crippen molar-refractivity contribution in [3.05, 3.63) is 89.0 Å². The van der Waals surface area contributed by atoms with E-state index in [1.165, 1.54) is 4.90 Å². The zero-order chi connectivity index (χ0) is 27.0. The number of hydrogen-bond acceptors (Lipinski definition) is 6. The molecule has 3 aromatic rings. The molecule has 0 saturated carbocycles. The summed E-state index contributed by atoms with van der Waals surface area (Å²) < 4.78 is 11.7. The van der Waals surface area contributed by atoms with Crippen LogP contribution in [0.3, 0.4) is 0 Å². The molecule has 196 valence electrons. The van der Waals surface area contributed by atoms with Crippen LogP contribution in [0.4, 0.5) is 11.4 Å². The molecule has 1 unspecified atom stereocenters. The summed E-state index contributed by atoms with van der Waals surface area (Å²) in [6.45, 7) is 7.88. The number of rotatable bonds is 6. The molecule has 1 saturated heterocycles. The van der Waals surface area contributed by atoms with Crippen LogP contribution in [0.15, 0.2) is 72.3 Å². The van der Waals surface area contributed by atoms with E-state index >= 15 is 0 Å². The summed E-state index contributed by atoms with van der Waals surface area (Å²) >= 11 is 0. The summed E-state index contributed by atoms with van der Waals surface area (Å²) in [6, 6.07) is 19.3. The largest absolute Gasteiger partial charge is 0.507 e. The van der Waals surface area contributed by atoms with Crippen LogP contribution in [0.25, 0.3) is 5.76 Å². The lowest BCUT2D eigenvalue weighted by atomic mass is 9.94. The van der Waals surface area contributed by atoms with Crippen LogP contribution in [0.5, 0.6) is 11.5 Å². The molecule has 2 heterocycles. The predicted molar refractivity (Wildman–Crippen MR) is 148 cm³/mol. The summed E-state index contributed by atoms with van der Waals surface area (Å²) in [5, 5.41) is 11.6. The summed E-state index contributed by atoms with van der Waals surface area (Å²) in [7, 11) is 1.95. The minimum atomic E-state index is -0.829. The Balaban J connectivity index is 1.67. The number of nitrogens with zero attached hydrogens (tertiary/aromatic N) is 2. The summed E-state index contributed by atoms with van der Waals surface area (Å²) in [6.07, 6.45) is 0. The third-order valence-corrected chi connectivity index (χ3v) is 6.81. The Hall–Kier alpha value is -4.26. The molecule has 0 aliphatic carbocycles. The number of amides is 1. The predicted octanol–water partition coefficient (Wildman–Crippen LogP) is 5.48. The maximum absolute atomic E-state index is 13.6. The van der Waals surface area contributed by atoms with Gasteiger partial charge in [-0.05, 0) is 66.4 Å². The van der Waals surface area contributed by atoms with Gasteiger partial charge in [-0.3, -0.25) is 14.5 Å². The van der Waals surface area contributed by atoms with E-state index < -0.39 is 17.7 Å². The Bertz CT molecular complexity index is 1430. The summed E-state index contributed by atoms with van der Waals surface area (Å²) in [5.74, 6) is 0.0426. The second kappa shape index (κ2) is 10.2. The van der Waals surface area contributed by atoms with Gasteiger partial charge in [0, 0.05) is 18.3 Å². The first-order chi connectivity index (χ1) is 18.2. The van der Waals surface area contributed by atoms with Crippen molar-refractivity contribution in [2.24, 2.45) is 5.92 Å². The Labute approximate surface area is 222 Å². The van der Waals surface area contributed by atoms with Crippen molar-refractivity contribution < 1.29 is 24.2 Å². The average molecular weight is 513 g/mol. The van der Waals surface area contributed by atoms with E-state index in [0.717, 1.165) is 11.3 Å². The van der Waals surface area contributed by atoms with Gasteiger partial charge in [-0.25, -0.2) is 0 Å². The van der Waals surface area contributed by atoms with Crippen LogP contribution >= 0.6 is 0 Å². The molecule has 7 nitrogen and oxygen atoms in total. The molecule has 3 aromatic carbocycles. The van der Waals surface area contributed by atoms with Crippen LogP contribution < -0.4 is 19.3 Å². The van der Waals surface area contributed by atoms with Crippen molar-refractivity contribution in [3.63, 3.8) is 0 Å². The van der Waals surface area contributed by atoms with E-state index in [1.54, 1.807) is 24.3 Å². The molecular formula is C31H32N2O5. The number of likely N-dealkylation sites (N-methyl/N-ethyl adjacent to an activating group) is 1. The molecule has 1 N–H and O–H groups in total. The van der Waals surface area contributed by atoms with Crippen molar-refractivity contribution in [1.29, 1.82) is 0 Å². The highest BCUT2D eigenvalue weighted by atomic mass is 16.5. The van der Waals surface area contributed by atoms with Crippen LogP contribution in [0.2, 0.25) is 0 Å². The highest BCUT2D eigenvalue weighted by Crippen LogP contribution is 2.44. The maximum Gasteiger partial charge on any atom is 0.300 e. The Morgan fingerprint density at radius 2 is 1.87 bits per heavy atom. The number of benzene rings is 3. The molecule has 0 radical (unpaired) electrons. The number of aliphatic hydroxyl groups excluding tert-OH is 1. The number of fused-ring (bicyclic) bond motifs is 1. The van der Waals surface area contributed by atoms with E-state index in [0.29, 0.717) is 54.0 Å². The molecule has 2 aliphatic rings. The molecule has 1 amide bonds. The molecule has 1 atom stereocenters. The normalized spacial score (nSPS) is 18.5. The first kappa shape index (κ1) is 25.4. The Kier molecular flexibility index (Phi) is 6.85. The van der Waals surface area contributed by atoms with Crippen molar-refractivity contribution >= 4 is 28.8 Å². The van der Waals surface area contributed by atoms with Gasteiger partial charge in [0.15, 0.2) is 0 Å². The number of hydrogen-bond donors (Lipinski definition) is 1. The molecule has 2 aliphatic heterocycles. The average Bonchev–Trinajstić information content (AvgIpc) is 3.17. The fourth-order valence-electron chi connectivity index (χ4n) is 4.88. The van der Waals surface area contributed by atoms with Crippen molar-refractivity contribution in [1.82, 2.24) is 0 Å². The molecular weight excluding hydrogens is 480 g/mol. The number of aliphatic hydroxyl groups is 1. The summed E-state index contributed by atoms with van der Waals surface area (Å²) in [5.41, 5.74) is 3.51. The number of anilines is 2. The lowest BCUT2D eigenvalue weighted by Crippen LogP contribution is -2.29. The quantitative estimate of drug-likeness (QED) is 0.268. The maximum atomic E-state index is 13.6. The molecule has 7 heteroatoms. The standard InChI is InChI=1S/C31H32N2O5/c1-19(2)18-38-24-10-6-8-21(16-24)28-27(30(35)31(36)33(28)23-9-5-7-20(3)15-23)29(34)22-11-12-26-25(17-22)32(4)13-14-37-26/h5-12,15-17,19,28,34H,13-14,18H2,1-4H3/b29-27-. The van der Waals surface area contributed by atoms with Crippen LogP contribution in [-0.4, -0.2) is 43.6 Å². The number of carbonyl (C=O) groups is 2. The molecule has 1 fully saturated rings. The van der Waals surface area contributed by atoms with Crippen LogP contribution in [-0.2, 0) is 9.59 Å². The second-order valence-electron chi connectivity index (χ2n) is 10.2.